The highest BCUT2D eigenvalue weighted by Gasteiger charge is 2.30. The quantitative estimate of drug-likeness (QED) is 0.720. The molecule has 1 N–H and O–H groups in total. The van der Waals surface area contributed by atoms with E-state index < -0.39 is 33.6 Å². The highest BCUT2D eigenvalue weighted by atomic mass is 32.2. The van der Waals surface area contributed by atoms with Crippen molar-refractivity contribution < 1.29 is 30.8 Å². The largest absolute Gasteiger partial charge is 0.416 e. The number of halogens is 4. The Kier molecular flexibility index (Phi) is 6.47. The molecule has 1 heterocycles. The van der Waals surface area contributed by atoms with E-state index in [1.165, 1.54) is 29.2 Å². The van der Waals surface area contributed by atoms with Gasteiger partial charge in [-0.05, 0) is 48.7 Å². The lowest BCUT2D eigenvalue weighted by Gasteiger charge is -2.33. The van der Waals surface area contributed by atoms with Crippen LogP contribution in [0.15, 0.2) is 53.4 Å². The fourth-order valence-corrected chi connectivity index (χ4v) is 4.61. The highest BCUT2D eigenvalue weighted by molar-refractivity contribution is 7.89. The monoisotopic (exact) mass is 444 g/mol. The summed E-state index contributed by atoms with van der Waals surface area (Å²) in [6.45, 7) is 0.561. The molecular weight excluding hydrogens is 424 g/mol. The maximum absolute atomic E-state index is 13.3. The number of piperidine rings is 1. The van der Waals surface area contributed by atoms with Crippen molar-refractivity contribution in [1.29, 1.82) is 0 Å². The molecule has 0 aromatic heterocycles. The van der Waals surface area contributed by atoms with Crippen LogP contribution >= 0.6 is 0 Å². The highest BCUT2D eigenvalue weighted by Crippen LogP contribution is 2.29. The van der Waals surface area contributed by atoms with E-state index in [-0.39, 0.29) is 23.8 Å². The lowest BCUT2D eigenvalue weighted by molar-refractivity contribution is -0.137. The second-order valence-electron chi connectivity index (χ2n) is 7.13. The normalized spacial score (nSPS) is 17.7. The van der Waals surface area contributed by atoms with Crippen molar-refractivity contribution >= 4 is 15.9 Å². The molecule has 1 fully saturated rings. The molecular formula is C20H20F4N2O3S. The number of sulfonamides is 1. The van der Waals surface area contributed by atoms with Crippen molar-refractivity contribution in [3.63, 3.8) is 0 Å². The van der Waals surface area contributed by atoms with Crippen molar-refractivity contribution in [2.24, 2.45) is 0 Å². The van der Waals surface area contributed by atoms with Crippen LogP contribution in [0.25, 0.3) is 0 Å². The first-order valence-electron chi connectivity index (χ1n) is 9.26. The second-order valence-corrected chi connectivity index (χ2v) is 8.84. The third kappa shape index (κ3) is 5.57. The Morgan fingerprint density at radius 1 is 1.13 bits per heavy atom. The summed E-state index contributed by atoms with van der Waals surface area (Å²) in [6.07, 6.45) is -3.45. The van der Waals surface area contributed by atoms with Gasteiger partial charge < -0.3 is 4.90 Å². The average molecular weight is 444 g/mol. The van der Waals surface area contributed by atoms with Gasteiger partial charge in [-0.2, -0.15) is 13.2 Å². The number of nitrogens with one attached hydrogen (secondary N) is 1. The summed E-state index contributed by atoms with van der Waals surface area (Å²) >= 11 is 0. The molecule has 3 rings (SSSR count). The first-order chi connectivity index (χ1) is 14.0. The molecule has 0 saturated carbocycles. The third-order valence-electron chi connectivity index (χ3n) is 4.84. The number of carbonyl (C=O) groups is 1. The van der Waals surface area contributed by atoms with E-state index in [2.05, 4.69) is 4.72 Å². The zero-order chi connectivity index (χ0) is 21.9. The summed E-state index contributed by atoms with van der Waals surface area (Å²) in [6, 6.07) is 8.46. The van der Waals surface area contributed by atoms with Crippen LogP contribution in [0.1, 0.15) is 24.0 Å². The van der Waals surface area contributed by atoms with Crippen LogP contribution < -0.4 is 4.72 Å². The molecule has 0 bridgehead atoms. The Hall–Kier alpha value is -2.46. The summed E-state index contributed by atoms with van der Waals surface area (Å²) in [5.41, 5.74) is -0.348. The first-order valence-corrected chi connectivity index (χ1v) is 10.7. The van der Waals surface area contributed by atoms with Crippen molar-refractivity contribution in [2.75, 3.05) is 13.1 Å². The molecule has 0 radical (unpaired) electrons. The molecule has 1 aliphatic rings. The van der Waals surface area contributed by atoms with Gasteiger partial charge in [-0.1, -0.05) is 18.2 Å². The van der Waals surface area contributed by atoms with E-state index in [0.717, 1.165) is 24.3 Å². The van der Waals surface area contributed by atoms with E-state index in [1.807, 2.05) is 0 Å². The van der Waals surface area contributed by atoms with Gasteiger partial charge in [-0.25, -0.2) is 17.5 Å². The maximum Gasteiger partial charge on any atom is 0.416 e. The van der Waals surface area contributed by atoms with Crippen LogP contribution in [-0.4, -0.2) is 38.4 Å². The van der Waals surface area contributed by atoms with Gasteiger partial charge in [0.2, 0.25) is 15.9 Å². The van der Waals surface area contributed by atoms with Crippen LogP contribution in [-0.2, 0) is 27.4 Å². The molecule has 5 nitrogen and oxygen atoms in total. The predicted octanol–water partition coefficient (Wildman–Crippen LogP) is 3.36. The van der Waals surface area contributed by atoms with Crippen molar-refractivity contribution in [1.82, 2.24) is 9.62 Å². The lowest BCUT2D eigenvalue weighted by Crippen LogP contribution is -2.49. The topological polar surface area (TPSA) is 66.5 Å². The summed E-state index contributed by atoms with van der Waals surface area (Å²) < 4.78 is 78.7. The second kappa shape index (κ2) is 8.73. The Bertz CT molecular complexity index is 1010. The molecule has 1 atom stereocenters. The summed E-state index contributed by atoms with van der Waals surface area (Å²) in [5, 5.41) is 0. The molecule has 30 heavy (non-hydrogen) atoms. The van der Waals surface area contributed by atoms with Gasteiger partial charge in [0.25, 0.3) is 0 Å². The predicted molar refractivity (Wildman–Crippen MR) is 101 cm³/mol. The maximum atomic E-state index is 13.3. The lowest BCUT2D eigenvalue weighted by atomic mass is 10.0. The Morgan fingerprint density at radius 3 is 2.47 bits per heavy atom. The number of likely N-dealkylation sites (tertiary alicyclic amines) is 1. The van der Waals surface area contributed by atoms with Gasteiger partial charge >= 0.3 is 6.18 Å². The molecule has 1 saturated heterocycles. The first kappa shape index (κ1) is 22.2. The number of carbonyl (C=O) groups excluding carboxylic acids is 1. The molecule has 0 aliphatic carbocycles. The van der Waals surface area contributed by atoms with E-state index in [0.29, 0.717) is 24.9 Å². The number of nitrogens with zero attached hydrogens (tertiary/aromatic N) is 1. The SMILES string of the molecule is O=C(Cc1ccc(C(F)(F)F)cc1)N1CCCC(NS(=O)(=O)c2cccc(F)c2)C1. The smallest absolute Gasteiger partial charge is 0.341 e. The van der Waals surface area contributed by atoms with E-state index >= 15 is 0 Å². The van der Waals surface area contributed by atoms with Crippen LogP contribution in [0.3, 0.4) is 0 Å². The summed E-state index contributed by atoms with van der Waals surface area (Å²) in [7, 11) is -3.94. The van der Waals surface area contributed by atoms with Crippen molar-refractivity contribution in [3.8, 4) is 0 Å². The van der Waals surface area contributed by atoms with Gasteiger partial charge in [0.1, 0.15) is 5.82 Å². The number of alkyl halides is 3. The summed E-state index contributed by atoms with van der Waals surface area (Å²) in [4.78, 5) is 13.8. The fraction of sp³-hybridized carbons (Fsp3) is 0.350. The van der Waals surface area contributed by atoms with Gasteiger partial charge in [0, 0.05) is 19.1 Å². The van der Waals surface area contributed by atoms with Gasteiger partial charge in [0.05, 0.1) is 16.9 Å². The van der Waals surface area contributed by atoms with Crippen molar-refractivity contribution in [3.05, 3.63) is 65.5 Å². The average Bonchev–Trinajstić information content (AvgIpc) is 2.67. The van der Waals surface area contributed by atoms with E-state index in [1.54, 1.807) is 0 Å². The number of hydrogen-bond donors (Lipinski definition) is 1. The molecule has 162 valence electrons. The standard InChI is InChI=1S/C20H20F4N2O3S/c21-16-3-1-5-18(12-16)30(28,29)25-17-4-2-10-26(13-17)19(27)11-14-6-8-15(9-7-14)20(22,23)24/h1,3,5-9,12,17,25H,2,4,10-11,13H2. The van der Waals surface area contributed by atoms with E-state index in [9.17, 15) is 30.8 Å². The Morgan fingerprint density at radius 2 is 1.83 bits per heavy atom. The number of hydrogen-bond acceptors (Lipinski definition) is 3. The summed E-state index contributed by atoms with van der Waals surface area (Å²) in [5.74, 6) is -0.973. The fourth-order valence-electron chi connectivity index (χ4n) is 3.32. The zero-order valence-electron chi connectivity index (χ0n) is 15.8. The minimum atomic E-state index is -4.44. The molecule has 10 heteroatoms. The van der Waals surface area contributed by atoms with Crippen LogP contribution in [0.5, 0.6) is 0 Å². The Labute approximate surface area is 171 Å². The van der Waals surface area contributed by atoms with E-state index in [4.69, 9.17) is 0 Å². The van der Waals surface area contributed by atoms with Gasteiger partial charge in [-0.3, -0.25) is 4.79 Å². The zero-order valence-corrected chi connectivity index (χ0v) is 16.6. The number of benzene rings is 2. The van der Waals surface area contributed by atoms with Gasteiger partial charge in [-0.15, -0.1) is 0 Å². The van der Waals surface area contributed by atoms with Crippen molar-refractivity contribution in [2.45, 2.75) is 36.4 Å². The molecule has 1 aliphatic heterocycles. The molecule has 1 unspecified atom stereocenters. The molecule has 1 amide bonds. The number of rotatable bonds is 5. The van der Waals surface area contributed by atoms with Crippen LogP contribution in [0.4, 0.5) is 17.6 Å². The number of amides is 1. The molecule has 0 spiro atoms. The minimum Gasteiger partial charge on any atom is -0.341 e. The Balaban J connectivity index is 1.62. The van der Waals surface area contributed by atoms with Crippen LogP contribution in [0.2, 0.25) is 0 Å². The van der Waals surface area contributed by atoms with Crippen LogP contribution in [0, 0.1) is 5.82 Å². The minimum absolute atomic E-state index is 0.0818. The molecule has 2 aromatic rings. The van der Waals surface area contributed by atoms with Gasteiger partial charge in [0.15, 0.2) is 0 Å². The molecule has 2 aromatic carbocycles. The third-order valence-corrected chi connectivity index (χ3v) is 6.36.